The highest BCUT2D eigenvalue weighted by atomic mass is 32.2. The highest BCUT2D eigenvalue weighted by molar-refractivity contribution is 7.89. The fourth-order valence-corrected chi connectivity index (χ4v) is 6.35. The molecule has 0 unspecified atom stereocenters. The molecule has 1 fully saturated rings. The van der Waals surface area contributed by atoms with Crippen molar-refractivity contribution in [3.8, 4) is 0 Å². The Morgan fingerprint density at radius 1 is 1.33 bits per heavy atom. The number of sulfonamides is 1. The van der Waals surface area contributed by atoms with Crippen molar-refractivity contribution in [2.24, 2.45) is 0 Å². The van der Waals surface area contributed by atoms with E-state index in [9.17, 15) is 17.6 Å². The fraction of sp³-hybridized carbons (Fsp3) is 0.333. The average molecular weight is 452 g/mol. The molecular weight excluding hydrogens is 433 g/mol. The molecule has 0 bridgehead atoms. The molecule has 1 saturated heterocycles. The number of rotatable bonds is 5. The third-order valence-corrected chi connectivity index (χ3v) is 7.92. The summed E-state index contributed by atoms with van der Waals surface area (Å²) < 4.78 is 46.1. The number of hydrogen-bond donors (Lipinski definition) is 1. The summed E-state index contributed by atoms with van der Waals surface area (Å²) in [6.07, 6.45) is 1.21. The Labute approximate surface area is 176 Å². The fourth-order valence-electron chi connectivity index (χ4n) is 3.45. The maximum atomic E-state index is 13.3. The predicted octanol–water partition coefficient (Wildman–Crippen LogP) is 3.06. The number of carbonyl (C=O) groups excluding carboxylic acids is 1. The van der Waals surface area contributed by atoms with Crippen LogP contribution in [0.2, 0.25) is 0 Å². The van der Waals surface area contributed by atoms with E-state index in [0.29, 0.717) is 35.8 Å². The van der Waals surface area contributed by atoms with Crippen LogP contribution in [0.4, 0.5) is 10.1 Å². The lowest BCUT2D eigenvalue weighted by atomic mass is 10.2. The largest absolute Gasteiger partial charge is 0.360 e. The molecule has 0 radical (unpaired) electrons. The first-order valence-corrected chi connectivity index (χ1v) is 11.4. The zero-order valence-corrected chi connectivity index (χ0v) is 17.8. The molecule has 158 valence electrons. The van der Waals surface area contributed by atoms with Crippen molar-refractivity contribution in [2.45, 2.75) is 37.6 Å². The highest BCUT2D eigenvalue weighted by Crippen LogP contribution is 2.39. The number of halogens is 1. The van der Waals surface area contributed by atoms with Crippen LogP contribution < -0.4 is 5.32 Å². The molecule has 9 nitrogen and oxygen atoms in total. The standard InChI is InChI=1S/C18H18FN5O4S2/c1-10-15(11(2)28-23-10)30(26,27)24-8-4-7-14(24)17-21-22-18(29-17)16(25)20-13-6-3-5-12(19)9-13/h3,5-6,9,14H,4,7-8H2,1-2H3,(H,20,25)/t14-/m0/s1. The smallest absolute Gasteiger partial charge is 0.286 e. The van der Waals surface area contributed by atoms with Crippen LogP contribution in [0.5, 0.6) is 0 Å². The van der Waals surface area contributed by atoms with Gasteiger partial charge in [-0.25, -0.2) is 12.8 Å². The van der Waals surface area contributed by atoms with Gasteiger partial charge < -0.3 is 9.84 Å². The molecule has 2 aromatic heterocycles. The van der Waals surface area contributed by atoms with E-state index >= 15 is 0 Å². The number of aryl methyl sites for hydroxylation is 2. The van der Waals surface area contributed by atoms with Gasteiger partial charge in [0.15, 0.2) is 5.76 Å². The molecule has 1 atom stereocenters. The monoisotopic (exact) mass is 451 g/mol. The number of anilines is 1. The number of hydrogen-bond acceptors (Lipinski definition) is 8. The SMILES string of the molecule is Cc1noc(C)c1S(=O)(=O)N1CCC[C@H]1c1nnc(C(=O)Nc2cccc(F)c2)s1. The Morgan fingerprint density at radius 3 is 2.83 bits per heavy atom. The Kier molecular flexibility index (Phi) is 5.38. The van der Waals surface area contributed by atoms with Gasteiger partial charge in [-0.15, -0.1) is 10.2 Å². The lowest BCUT2D eigenvalue weighted by Gasteiger charge is -2.21. The van der Waals surface area contributed by atoms with Crippen molar-refractivity contribution in [3.05, 3.63) is 51.6 Å². The number of benzene rings is 1. The molecule has 4 rings (SSSR count). The molecule has 1 aliphatic rings. The van der Waals surface area contributed by atoms with Gasteiger partial charge in [0, 0.05) is 12.2 Å². The normalized spacial score (nSPS) is 17.4. The van der Waals surface area contributed by atoms with Crippen molar-refractivity contribution in [3.63, 3.8) is 0 Å². The summed E-state index contributed by atoms with van der Waals surface area (Å²) in [5, 5.41) is 14.7. The van der Waals surface area contributed by atoms with Crippen LogP contribution in [0.15, 0.2) is 33.7 Å². The Hall–Kier alpha value is -2.70. The van der Waals surface area contributed by atoms with E-state index in [4.69, 9.17) is 4.52 Å². The molecule has 3 heterocycles. The van der Waals surface area contributed by atoms with Crippen molar-refractivity contribution >= 4 is 33.0 Å². The third kappa shape index (κ3) is 3.73. The molecular formula is C18H18FN5O4S2. The number of carbonyl (C=O) groups is 1. The minimum absolute atomic E-state index is 0.0583. The van der Waals surface area contributed by atoms with E-state index in [-0.39, 0.29) is 15.7 Å². The summed E-state index contributed by atoms with van der Waals surface area (Å²) in [5.41, 5.74) is 0.589. The van der Waals surface area contributed by atoms with Gasteiger partial charge in [0.1, 0.15) is 21.4 Å². The van der Waals surface area contributed by atoms with E-state index in [1.165, 1.54) is 22.5 Å². The van der Waals surface area contributed by atoms with Crippen LogP contribution in [0.25, 0.3) is 0 Å². The van der Waals surface area contributed by atoms with Gasteiger partial charge in [0.2, 0.25) is 15.0 Å². The number of aromatic nitrogens is 3. The summed E-state index contributed by atoms with van der Waals surface area (Å²) in [4.78, 5) is 12.5. The lowest BCUT2D eigenvalue weighted by molar-refractivity contribution is 0.102. The van der Waals surface area contributed by atoms with Crippen LogP contribution in [-0.2, 0) is 10.0 Å². The highest BCUT2D eigenvalue weighted by Gasteiger charge is 2.41. The second kappa shape index (κ2) is 7.85. The van der Waals surface area contributed by atoms with Gasteiger partial charge in [-0.1, -0.05) is 22.6 Å². The first-order valence-electron chi connectivity index (χ1n) is 9.12. The zero-order valence-electron chi connectivity index (χ0n) is 16.1. The van der Waals surface area contributed by atoms with Gasteiger partial charge >= 0.3 is 0 Å². The van der Waals surface area contributed by atoms with Crippen LogP contribution in [-0.4, -0.2) is 40.5 Å². The maximum absolute atomic E-state index is 13.3. The van der Waals surface area contributed by atoms with E-state index in [1.807, 2.05) is 0 Å². The van der Waals surface area contributed by atoms with Crippen LogP contribution in [0.1, 0.15) is 45.1 Å². The second-order valence-electron chi connectivity index (χ2n) is 6.84. The first-order chi connectivity index (χ1) is 14.3. The number of nitrogens with zero attached hydrogens (tertiary/aromatic N) is 4. The summed E-state index contributed by atoms with van der Waals surface area (Å²) in [6.45, 7) is 3.45. The van der Waals surface area contributed by atoms with E-state index in [1.54, 1.807) is 19.9 Å². The van der Waals surface area contributed by atoms with Crippen molar-refractivity contribution in [1.29, 1.82) is 0 Å². The quantitative estimate of drug-likeness (QED) is 0.633. The summed E-state index contributed by atoms with van der Waals surface area (Å²) in [6, 6.07) is 4.96. The second-order valence-corrected chi connectivity index (χ2v) is 9.67. The first kappa shape index (κ1) is 20.6. The Bertz CT molecular complexity index is 1190. The Balaban J connectivity index is 1.57. The molecule has 1 N–H and O–H groups in total. The minimum Gasteiger partial charge on any atom is -0.360 e. The van der Waals surface area contributed by atoms with Gasteiger partial charge in [-0.2, -0.15) is 4.31 Å². The van der Waals surface area contributed by atoms with Crippen LogP contribution in [0.3, 0.4) is 0 Å². The lowest BCUT2D eigenvalue weighted by Crippen LogP contribution is -2.31. The molecule has 12 heteroatoms. The van der Waals surface area contributed by atoms with Crippen molar-refractivity contribution in [1.82, 2.24) is 19.7 Å². The molecule has 1 aromatic carbocycles. The summed E-state index contributed by atoms with van der Waals surface area (Å²) in [5.74, 6) is -0.787. The molecule has 0 aliphatic carbocycles. The molecule has 1 amide bonds. The van der Waals surface area contributed by atoms with Crippen LogP contribution >= 0.6 is 11.3 Å². The van der Waals surface area contributed by atoms with E-state index < -0.39 is 27.8 Å². The molecule has 0 spiro atoms. The summed E-state index contributed by atoms with van der Waals surface area (Å²) in [7, 11) is -3.84. The van der Waals surface area contributed by atoms with Crippen molar-refractivity contribution < 1.29 is 22.1 Å². The van der Waals surface area contributed by atoms with Gasteiger partial charge in [0.25, 0.3) is 5.91 Å². The minimum atomic E-state index is -3.84. The Morgan fingerprint density at radius 2 is 2.13 bits per heavy atom. The average Bonchev–Trinajstić information content (AvgIpc) is 3.41. The predicted molar refractivity (Wildman–Crippen MR) is 106 cm³/mol. The number of amides is 1. The molecule has 1 aliphatic heterocycles. The van der Waals surface area contributed by atoms with Gasteiger partial charge in [0.05, 0.1) is 6.04 Å². The summed E-state index contributed by atoms with van der Waals surface area (Å²) >= 11 is 1.01. The molecule has 30 heavy (non-hydrogen) atoms. The van der Waals surface area contributed by atoms with E-state index in [2.05, 4.69) is 20.7 Å². The van der Waals surface area contributed by atoms with Gasteiger partial charge in [-0.3, -0.25) is 4.79 Å². The number of nitrogens with one attached hydrogen (secondary N) is 1. The zero-order chi connectivity index (χ0) is 21.5. The topological polar surface area (TPSA) is 118 Å². The van der Waals surface area contributed by atoms with Crippen LogP contribution in [0, 0.1) is 19.7 Å². The molecule has 0 saturated carbocycles. The molecule has 3 aromatic rings. The third-order valence-electron chi connectivity index (χ3n) is 4.74. The maximum Gasteiger partial charge on any atom is 0.286 e. The van der Waals surface area contributed by atoms with Gasteiger partial charge in [-0.05, 0) is 44.9 Å². The van der Waals surface area contributed by atoms with E-state index in [0.717, 1.165) is 11.3 Å². The van der Waals surface area contributed by atoms with Crippen molar-refractivity contribution in [2.75, 3.05) is 11.9 Å².